The van der Waals surface area contributed by atoms with Gasteiger partial charge >= 0.3 is 0 Å². The molecule has 0 aromatic heterocycles. The molecule has 1 saturated carbocycles. The van der Waals surface area contributed by atoms with Crippen LogP contribution in [0, 0.1) is 5.92 Å². The highest BCUT2D eigenvalue weighted by Gasteiger charge is 2.28. The molecule has 118 valence electrons. The SMILES string of the molecule is CC1CCC(OC[C@@H]2NCCC[C@@H]2NS(C)(=O)=O)CC1. The Morgan fingerprint density at radius 3 is 2.55 bits per heavy atom. The third kappa shape index (κ3) is 5.31. The van der Waals surface area contributed by atoms with Crippen molar-refractivity contribution in [3.8, 4) is 0 Å². The molecule has 2 fully saturated rings. The predicted octanol–water partition coefficient (Wildman–Crippen LogP) is 1.25. The summed E-state index contributed by atoms with van der Waals surface area (Å²) in [5.41, 5.74) is 0. The quantitative estimate of drug-likeness (QED) is 0.802. The van der Waals surface area contributed by atoms with E-state index in [-0.39, 0.29) is 12.1 Å². The van der Waals surface area contributed by atoms with Crippen molar-refractivity contribution in [3.63, 3.8) is 0 Å². The van der Waals surface area contributed by atoms with Crippen LogP contribution in [0.15, 0.2) is 0 Å². The molecule has 2 rings (SSSR count). The summed E-state index contributed by atoms with van der Waals surface area (Å²) in [5.74, 6) is 0.822. The van der Waals surface area contributed by atoms with Crippen LogP contribution in [-0.4, -0.2) is 46.0 Å². The first-order valence-electron chi connectivity index (χ1n) is 7.76. The summed E-state index contributed by atoms with van der Waals surface area (Å²) < 4.78 is 31.6. The molecule has 0 spiro atoms. The van der Waals surface area contributed by atoms with E-state index in [1.165, 1.54) is 19.1 Å². The molecule has 20 heavy (non-hydrogen) atoms. The van der Waals surface area contributed by atoms with Crippen LogP contribution in [0.25, 0.3) is 0 Å². The first-order chi connectivity index (χ1) is 9.44. The third-order valence-corrected chi connectivity index (χ3v) is 5.15. The highest BCUT2D eigenvalue weighted by molar-refractivity contribution is 7.88. The van der Waals surface area contributed by atoms with Gasteiger partial charge in [-0.3, -0.25) is 0 Å². The van der Waals surface area contributed by atoms with Gasteiger partial charge < -0.3 is 10.1 Å². The van der Waals surface area contributed by atoms with Gasteiger partial charge in [0.2, 0.25) is 10.0 Å². The van der Waals surface area contributed by atoms with Crippen LogP contribution in [0.2, 0.25) is 0 Å². The standard InChI is InChI=1S/C14H28N2O3S/c1-11-5-7-12(8-6-11)19-10-14-13(4-3-9-15-14)16-20(2,17)18/h11-16H,3-10H2,1-2H3/t11?,12?,13-,14-/m0/s1. The summed E-state index contributed by atoms with van der Waals surface area (Å²) in [7, 11) is -3.15. The fraction of sp³-hybridized carbons (Fsp3) is 1.00. The van der Waals surface area contributed by atoms with E-state index in [9.17, 15) is 8.42 Å². The highest BCUT2D eigenvalue weighted by atomic mass is 32.2. The number of hydrogen-bond acceptors (Lipinski definition) is 4. The summed E-state index contributed by atoms with van der Waals surface area (Å²) in [5, 5.41) is 3.39. The minimum atomic E-state index is -3.15. The van der Waals surface area contributed by atoms with Crippen LogP contribution in [-0.2, 0) is 14.8 Å². The second-order valence-electron chi connectivity index (χ2n) is 6.41. The van der Waals surface area contributed by atoms with Gasteiger partial charge in [0.25, 0.3) is 0 Å². The molecule has 2 N–H and O–H groups in total. The van der Waals surface area contributed by atoms with E-state index in [4.69, 9.17) is 4.74 Å². The van der Waals surface area contributed by atoms with Gasteiger partial charge in [0.15, 0.2) is 0 Å². The Bertz CT molecular complexity index is 391. The maximum atomic E-state index is 11.4. The predicted molar refractivity (Wildman–Crippen MR) is 80.2 cm³/mol. The Morgan fingerprint density at radius 1 is 1.20 bits per heavy atom. The van der Waals surface area contributed by atoms with Gasteiger partial charge in [0, 0.05) is 12.1 Å². The first-order valence-corrected chi connectivity index (χ1v) is 9.65. The van der Waals surface area contributed by atoms with Gasteiger partial charge in [-0.2, -0.15) is 0 Å². The van der Waals surface area contributed by atoms with E-state index < -0.39 is 10.0 Å². The summed E-state index contributed by atoms with van der Waals surface area (Å²) in [4.78, 5) is 0. The van der Waals surface area contributed by atoms with Crippen LogP contribution in [0.4, 0.5) is 0 Å². The van der Waals surface area contributed by atoms with Crippen molar-refractivity contribution in [2.45, 2.75) is 63.6 Å². The van der Waals surface area contributed by atoms with Crippen molar-refractivity contribution in [2.24, 2.45) is 5.92 Å². The Hall–Kier alpha value is -0.170. The van der Waals surface area contributed by atoms with Gasteiger partial charge in [-0.05, 0) is 51.0 Å². The van der Waals surface area contributed by atoms with Crippen LogP contribution in [0.5, 0.6) is 0 Å². The average Bonchev–Trinajstić information content (AvgIpc) is 2.38. The normalized spacial score (nSPS) is 35.9. The topological polar surface area (TPSA) is 67.4 Å². The Labute approximate surface area is 122 Å². The number of rotatable bonds is 5. The zero-order chi connectivity index (χ0) is 14.6. The van der Waals surface area contributed by atoms with Gasteiger partial charge in [-0.1, -0.05) is 6.92 Å². The molecular formula is C14H28N2O3S. The molecule has 2 atom stereocenters. The lowest BCUT2D eigenvalue weighted by molar-refractivity contribution is 0.00130. The minimum Gasteiger partial charge on any atom is -0.377 e. The van der Waals surface area contributed by atoms with Crippen molar-refractivity contribution in [3.05, 3.63) is 0 Å². The molecule has 0 aromatic carbocycles. The molecule has 1 heterocycles. The van der Waals surface area contributed by atoms with Crippen LogP contribution >= 0.6 is 0 Å². The molecular weight excluding hydrogens is 276 g/mol. The molecule has 0 unspecified atom stereocenters. The molecule has 0 bridgehead atoms. The minimum absolute atomic E-state index is 0.0405. The average molecular weight is 304 g/mol. The summed E-state index contributed by atoms with van der Waals surface area (Å²) in [6.07, 6.45) is 8.23. The number of sulfonamides is 1. The zero-order valence-electron chi connectivity index (χ0n) is 12.6. The van der Waals surface area contributed by atoms with Crippen LogP contribution in [0.3, 0.4) is 0 Å². The zero-order valence-corrected chi connectivity index (χ0v) is 13.4. The Morgan fingerprint density at radius 2 is 1.90 bits per heavy atom. The third-order valence-electron chi connectivity index (χ3n) is 4.42. The van der Waals surface area contributed by atoms with Crippen molar-refractivity contribution >= 4 is 10.0 Å². The maximum Gasteiger partial charge on any atom is 0.209 e. The van der Waals surface area contributed by atoms with E-state index in [1.54, 1.807) is 0 Å². The van der Waals surface area contributed by atoms with Crippen molar-refractivity contribution in [1.29, 1.82) is 0 Å². The van der Waals surface area contributed by atoms with Gasteiger partial charge in [-0.25, -0.2) is 13.1 Å². The van der Waals surface area contributed by atoms with E-state index in [0.29, 0.717) is 12.7 Å². The molecule has 1 saturated heterocycles. The second-order valence-corrected chi connectivity index (χ2v) is 8.19. The smallest absolute Gasteiger partial charge is 0.209 e. The van der Waals surface area contributed by atoms with Crippen LogP contribution < -0.4 is 10.0 Å². The number of ether oxygens (including phenoxy) is 1. The molecule has 1 aliphatic heterocycles. The molecule has 1 aliphatic carbocycles. The van der Waals surface area contributed by atoms with Crippen molar-refractivity contribution in [1.82, 2.24) is 10.0 Å². The van der Waals surface area contributed by atoms with Gasteiger partial charge in [-0.15, -0.1) is 0 Å². The monoisotopic (exact) mass is 304 g/mol. The second kappa shape index (κ2) is 7.20. The largest absolute Gasteiger partial charge is 0.377 e. The summed E-state index contributed by atoms with van der Waals surface area (Å²) in [6.45, 7) is 3.84. The fourth-order valence-corrected chi connectivity index (χ4v) is 4.01. The molecule has 0 radical (unpaired) electrons. The molecule has 2 aliphatic rings. The van der Waals surface area contributed by atoms with E-state index in [0.717, 1.165) is 38.1 Å². The van der Waals surface area contributed by atoms with Gasteiger partial charge in [0.1, 0.15) is 0 Å². The lowest BCUT2D eigenvalue weighted by Crippen LogP contribution is -2.55. The van der Waals surface area contributed by atoms with Gasteiger partial charge in [0.05, 0.1) is 19.0 Å². The van der Waals surface area contributed by atoms with Crippen LogP contribution in [0.1, 0.15) is 45.4 Å². The van der Waals surface area contributed by atoms with Crippen molar-refractivity contribution in [2.75, 3.05) is 19.4 Å². The molecule has 6 heteroatoms. The lowest BCUT2D eigenvalue weighted by Gasteiger charge is -2.34. The highest BCUT2D eigenvalue weighted by Crippen LogP contribution is 2.25. The van der Waals surface area contributed by atoms with E-state index >= 15 is 0 Å². The van der Waals surface area contributed by atoms with E-state index in [1.807, 2.05) is 0 Å². The first kappa shape index (κ1) is 16.2. The maximum absolute atomic E-state index is 11.4. The molecule has 0 amide bonds. The summed E-state index contributed by atoms with van der Waals surface area (Å²) >= 11 is 0. The lowest BCUT2D eigenvalue weighted by atomic mass is 9.89. The number of hydrogen-bond donors (Lipinski definition) is 2. The fourth-order valence-electron chi connectivity index (χ4n) is 3.18. The Kier molecular flexibility index (Phi) is 5.84. The summed E-state index contributed by atoms with van der Waals surface area (Å²) in [6, 6.07) is 0.0547. The molecule has 0 aromatic rings. The molecule has 5 nitrogen and oxygen atoms in total. The van der Waals surface area contributed by atoms with Crippen molar-refractivity contribution < 1.29 is 13.2 Å². The number of piperidine rings is 1. The number of nitrogens with one attached hydrogen (secondary N) is 2. The Balaban J connectivity index is 1.80. The van der Waals surface area contributed by atoms with E-state index in [2.05, 4.69) is 17.0 Å².